The largest absolute Gasteiger partial charge is 0.399 e. The molecule has 4 N–H and O–H groups in total. The second-order valence-electron chi connectivity index (χ2n) is 4.79. The van der Waals surface area contributed by atoms with Crippen LogP contribution in [-0.2, 0) is 0 Å². The quantitative estimate of drug-likeness (QED) is 0.501. The van der Waals surface area contributed by atoms with Gasteiger partial charge in [-0.2, -0.15) is 0 Å². The van der Waals surface area contributed by atoms with Crippen LogP contribution >= 0.6 is 11.6 Å². The van der Waals surface area contributed by atoms with Crippen molar-refractivity contribution in [2.45, 2.75) is 6.92 Å². The molecule has 3 rings (SSSR count). The van der Waals surface area contributed by atoms with Crippen LogP contribution in [0.25, 0.3) is 10.9 Å². The van der Waals surface area contributed by atoms with E-state index in [1.165, 1.54) is 6.20 Å². The van der Waals surface area contributed by atoms with Gasteiger partial charge in [-0.1, -0.05) is 11.6 Å². The number of fused-ring (bicyclic) bond motifs is 1. The number of H-pyrrole nitrogens is 1. The van der Waals surface area contributed by atoms with Crippen molar-refractivity contribution in [3.8, 4) is 0 Å². The number of hydrogen-bond donors (Lipinski definition) is 3. The Morgan fingerprint density at radius 2 is 2.19 bits per heavy atom. The number of anilines is 2. The topological polar surface area (TPSA) is 83.8 Å². The molecule has 0 saturated carbocycles. The molecular formula is C15H13ClN4O. The van der Waals surface area contributed by atoms with Crippen LogP contribution in [0.1, 0.15) is 15.9 Å². The summed E-state index contributed by atoms with van der Waals surface area (Å²) in [6.45, 7) is 1.83. The first-order chi connectivity index (χ1) is 10.0. The van der Waals surface area contributed by atoms with Crippen molar-refractivity contribution >= 4 is 39.8 Å². The lowest BCUT2D eigenvalue weighted by Gasteiger charge is -2.06. The molecule has 2 heterocycles. The van der Waals surface area contributed by atoms with E-state index in [9.17, 15) is 4.79 Å². The van der Waals surface area contributed by atoms with Gasteiger partial charge in [0.1, 0.15) is 5.15 Å². The van der Waals surface area contributed by atoms with Gasteiger partial charge in [0.05, 0.1) is 17.4 Å². The van der Waals surface area contributed by atoms with E-state index in [0.29, 0.717) is 22.1 Å². The predicted octanol–water partition coefficient (Wildman–Crippen LogP) is 3.36. The summed E-state index contributed by atoms with van der Waals surface area (Å²) in [7, 11) is 0. The highest BCUT2D eigenvalue weighted by Crippen LogP contribution is 2.22. The number of nitrogen functional groups attached to an aromatic ring is 1. The van der Waals surface area contributed by atoms with E-state index in [0.717, 1.165) is 16.5 Å². The number of nitrogens with zero attached hydrogens (tertiary/aromatic N) is 1. The number of carbonyl (C=O) groups excluding carboxylic acids is 1. The normalized spacial score (nSPS) is 10.8. The van der Waals surface area contributed by atoms with Crippen molar-refractivity contribution in [2.75, 3.05) is 11.1 Å². The number of aryl methyl sites for hydroxylation is 1. The van der Waals surface area contributed by atoms with Crippen LogP contribution in [0, 0.1) is 6.92 Å². The van der Waals surface area contributed by atoms with E-state index in [1.807, 2.05) is 13.0 Å². The van der Waals surface area contributed by atoms with E-state index < -0.39 is 0 Å². The van der Waals surface area contributed by atoms with Crippen LogP contribution in [0.4, 0.5) is 11.4 Å². The highest BCUT2D eigenvalue weighted by atomic mass is 35.5. The Labute approximate surface area is 126 Å². The van der Waals surface area contributed by atoms with Crippen LogP contribution in [0.3, 0.4) is 0 Å². The molecule has 0 spiro atoms. The van der Waals surface area contributed by atoms with Crippen molar-refractivity contribution in [3.05, 3.63) is 52.9 Å². The zero-order chi connectivity index (χ0) is 15.0. The third-order valence-corrected chi connectivity index (χ3v) is 3.62. The van der Waals surface area contributed by atoms with Crippen molar-refractivity contribution < 1.29 is 4.79 Å². The lowest BCUT2D eigenvalue weighted by molar-refractivity contribution is 0.102. The summed E-state index contributed by atoms with van der Waals surface area (Å²) in [5.41, 5.74) is 9.16. The molecule has 5 nitrogen and oxygen atoms in total. The van der Waals surface area contributed by atoms with Crippen LogP contribution in [0.15, 0.2) is 36.7 Å². The van der Waals surface area contributed by atoms with Crippen molar-refractivity contribution in [3.63, 3.8) is 0 Å². The van der Waals surface area contributed by atoms with Crippen LogP contribution < -0.4 is 11.1 Å². The van der Waals surface area contributed by atoms with Gasteiger partial charge in [0.2, 0.25) is 0 Å². The van der Waals surface area contributed by atoms with E-state index in [1.54, 1.807) is 24.4 Å². The Bertz CT molecular complexity index is 841. The summed E-state index contributed by atoms with van der Waals surface area (Å²) in [5, 5.41) is 4.05. The maximum absolute atomic E-state index is 12.3. The molecule has 0 atom stereocenters. The lowest BCUT2D eigenvalue weighted by Crippen LogP contribution is -2.11. The summed E-state index contributed by atoms with van der Waals surface area (Å²) in [4.78, 5) is 19.4. The number of hydrogen-bond acceptors (Lipinski definition) is 3. The molecule has 0 aliphatic heterocycles. The average molecular weight is 301 g/mol. The van der Waals surface area contributed by atoms with Gasteiger partial charge >= 0.3 is 0 Å². The second kappa shape index (κ2) is 5.10. The van der Waals surface area contributed by atoms with Crippen LogP contribution in [0.2, 0.25) is 5.15 Å². The second-order valence-corrected chi connectivity index (χ2v) is 5.15. The first-order valence-corrected chi connectivity index (χ1v) is 6.72. The standard InChI is InChI=1S/C15H13ClN4O/c1-8-4-10(6-19-14(8)16)20-15(21)12-7-18-13-5-9(17)2-3-11(12)13/h2-7,18H,17H2,1H3,(H,20,21). The minimum absolute atomic E-state index is 0.213. The summed E-state index contributed by atoms with van der Waals surface area (Å²) in [6.07, 6.45) is 3.19. The van der Waals surface area contributed by atoms with Gasteiger partial charge in [-0.25, -0.2) is 4.98 Å². The average Bonchev–Trinajstić information content (AvgIpc) is 2.85. The Kier molecular flexibility index (Phi) is 3.27. The van der Waals surface area contributed by atoms with Crippen LogP contribution in [-0.4, -0.2) is 15.9 Å². The molecule has 0 unspecified atom stereocenters. The van der Waals surface area contributed by atoms with Crippen LogP contribution in [0.5, 0.6) is 0 Å². The number of amides is 1. The lowest BCUT2D eigenvalue weighted by atomic mass is 10.1. The number of rotatable bonds is 2. The van der Waals surface area contributed by atoms with Crippen molar-refractivity contribution in [2.24, 2.45) is 0 Å². The molecule has 3 aromatic rings. The number of pyridine rings is 1. The molecule has 0 aliphatic rings. The number of nitrogens with two attached hydrogens (primary N) is 1. The molecular weight excluding hydrogens is 288 g/mol. The Morgan fingerprint density at radius 1 is 1.38 bits per heavy atom. The zero-order valence-electron chi connectivity index (χ0n) is 11.3. The summed E-state index contributed by atoms with van der Waals surface area (Å²) >= 11 is 5.87. The fraction of sp³-hybridized carbons (Fsp3) is 0.0667. The first kappa shape index (κ1) is 13.5. The number of carbonyl (C=O) groups is 1. The van der Waals surface area contributed by atoms with E-state index in [4.69, 9.17) is 17.3 Å². The molecule has 6 heteroatoms. The smallest absolute Gasteiger partial charge is 0.257 e. The van der Waals surface area contributed by atoms with Gasteiger partial charge in [0, 0.05) is 22.8 Å². The Hall–Kier alpha value is -2.53. The molecule has 0 fully saturated rings. The molecule has 21 heavy (non-hydrogen) atoms. The minimum atomic E-state index is -0.213. The number of aromatic nitrogens is 2. The Morgan fingerprint density at radius 3 is 2.95 bits per heavy atom. The fourth-order valence-corrected chi connectivity index (χ4v) is 2.26. The maximum atomic E-state index is 12.3. The van der Waals surface area contributed by atoms with Gasteiger partial charge in [-0.3, -0.25) is 4.79 Å². The van der Waals surface area contributed by atoms with Gasteiger partial charge < -0.3 is 16.0 Å². The number of benzene rings is 1. The summed E-state index contributed by atoms with van der Waals surface area (Å²) in [6, 6.07) is 7.16. The highest BCUT2D eigenvalue weighted by Gasteiger charge is 2.13. The molecule has 0 saturated heterocycles. The third-order valence-electron chi connectivity index (χ3n) is 3.22. The number of nitrogens with one attached hydrogen (secondary N) is 2. The molecule has 0 radical (unpaired) electrons. The summed E-state index contributed by atoms with van der Waals surface area (Å²) in [5.74, 6) is -0.213. The van der Waals surface area contributed by atoms with Crippen molar-refractivity contribution in [1.82, 2.24) is 9.97 Å². The van der Waals surface area contributed by atoms with Gasteiger partial charge in [-0.15, -0.1) is 0 Å². The van der Waals surface area contributed by atoms with Gasteiger partial charge in [0.25, 0.3) is 5.91 Å². The van der Waals surface area contributed by atoms with Crippen molar-refractivity contribution in [1.29, 1.82) is 0 Å². The molecule has 0 aliphatic carbocycles. The third kappa shape index (κ3) is 2.55. The molecule has 106 valence electrons. The van der Waals surface area contributed by atoms with Gasteiger partial charge in [0.15, 0.2) is 0 Å². The van der Waals surface area contributed by atoms with E-state index in [2.05, 4.69) is 15.3 Å². The Balaban J connectivity index is 1.91. The molecule has 0 bridgehead atoms. The first-order valence-electron chi connectivity index (χ1n) is 6.34. The molecule has 1 aromatic carbocycles. The summed E-state index contributed by atoms with van der Waals surface area (Å²) < 4.78 is 0. The molecule has 1 amide bonds. The SMILES string of the molecule is Cc1cc(NC(=O)c2c[nH]c3cc(N)ccc23)cnc1Cl. The predicted molar refractivity (Wildman–Crippen MR) is 84.6 cm³/mol. The monoisotopic (exact) mass is 300 g/mol. The number of aromatic amines is 1. The highest BCUT2D eigenvalue weighted by molar-refractivity contribution is 6.30. The minimum Gasteiger partial charge on any atom is -0.399 e. The molecule has 2 aromatic heterocycles. The van der Waals surface area contributed by atoms with Gasteiger partial charge in [-0.05, 0) is 36.8 Å². The van der Waals surface area contributed by atoms with E-state index in [-0.39, 0.29) is 5.91 Å². The fourth-order valence-electron chi connectivity index (χ4n) is 2.16. The van der Waals surface area contributed by atoms with E-state index >= 15 is 0 Å². The maximum Gasteiger partial charge on any atom is 0.257 e. The number of halogens is 1. The zero-order valence-corrected chi connectivity index (χ0v) is 12.0.